The van der Waals surface area contributed by atoms with E-state index in [1.54, 1.807) is 11.1 Å². The van der Waals surface area contributed by atoms with E-state index in [-0.39, 0.29) is 30.4 Å². The molecule has 0 spiro atoms. The molecule has 36 heavy (non-hydrogen) atoms. The third kappa shape index (κ3) is 6.72. The first-order chi connectivity index (χ1) is 17.4. The molecule has 1 fully saturated rings. The Kier molecular flexibility index (Phi) is 9.12. The Morgan fingerprint density at radius 1 is 1.28 bits per heavy atom. The van der Waals surface area contributed by atoms with Gasteiger partial charge in [0, 0.05) is 43.0 Å². The number of hydrogen-bond donors (Lipinski definition) is 3. The molecular formula is C26H35ClN6O3. The van der Waals surface area contributed by atoms with Crippen LogP contribution in [-0.4, -0.2) is 72.1 Å². The lowest BCUT2D eigenvalue weighted by atomic mass is 10.0. The third-order valence-corrected chi connectivity index (χ3v) is 6.89. The van der Waals surface area contributed by atoms with E-state index >= 15 is 0 Å². The number of amides is 2. The molecule has 2 aliphatic heterocycles. The second kappa shape index (κ2) is 12.5. The normalized spacial score (nSPS) is 16.6. The van der Waals surface area contributed by atoms with Crippen LogP contribution in [0.15, 0.2) is 24.4 Å². The fraction of sp³-hybridized carbons (Fsp3) is 0.538. The van der Waals surface area contributed by atoms with Crippen molar-refractivity contribution in [1.29, 1.82) is 0 Å². The molecule has 4 rings (SSSR count). The SMILES string of the molecule is CNCCCCC(C)NC(=O)CN1Cc2ccc(-c3nc(NC4CCOCC4)ncc3Cl)cc2C1=O. The minimum Gasteiger partial charge on any atom is -0.381 e. The molecule has 1 aromatic carbocycles. The summed E-state index contributed by atoms with van der Waals surface area (Å²) in [4.78, 5) is 36.2. The average molecular weight is 515 g/mol. The van der Waals surface area contributed by atoms with E-state index in [0.29, 0.717) is 28.8 Å². The van der Waals surface area contributed by atoms with Gasteiger partial charge in [0.2, 0.25) is 11.9 Å². The molecule has 0 radical (unpaired) electrons. The number of carbonyl (C=O) groups is 2. The van der Waals surface area contributed by atoms with Crippen molar-refractivity contribution in [2.24, 2.45) is 0 Å². The van der Waals surface area contributed by atoms with Gasteiger partial charge in [0.15, 0.2) is 0 Å². The van der Waals surface area contributed by atoms with Crippen LogP contribution in [0.4, 0.5) is 5.95 Å². The fourth-order valence-corrected chi connectivity index (χ4v) is 4.82. The molecular weight excluding hydrogens is 480 g/mol. The molecule has 1 saturated heterocycles. The molecule has 194 valence electrons. The number of fused-ring (bicyclic) bond motifs is 1. The van der Waals surface area contributed by atoms with Gasteiger partial charge in [-0.15, -0.1) is 0 Å². The average Bonchev–Trinajstić information content (AvgIpc) is 3.18. The highest BCUT2D eigenvalue weighted by atomic mass is 35.5. The minimum absolute atomic E-state index is 0.0388. The Labute approximate surface area is 217 Å². The first-order valence-electron chi connectivity index (χ1n) is 12.7. The summed E-state index contributed by atoms with van der Waals surface area (Å²) in [6.07, 6.45) is 6.40. The summed E-state index contributed by atoms with van der Waals surface area (Å²) in [6.45, 7) is 4.85. The number of nitrogens with zero attached hydrogens (tertiary/aromatic N) is 3. The van der Waals surface area contributed by atoms with E-state index in [9.17, 15) is 9.59 Å². The molecule has 3 heterocycles. The number of ether oxygens (including phenoxy) is 1. The van der Waals surface area contributed by atoms with Gasteiger partial charge in [0.1, 0.15) is 6.54 Å². The lowest BCUT2D eigenvalue weighted by Gasteiger charge is -2.23. The standard InChI is InChI=1S/C26H35ClN6O3/c1-17(5-3-4-10-28-2)30-23(34)16-33-15-19-7-6-18(13-21(19)25(33)35)24-22(27)14-29-26(32-24)31-20-8-11-36-12-9-20/h6-7,13-14,17,20,28H,3-5,8-12,15-16H2,1-2H3,(H,30,34)(H,29,31,32). The largest absolute Gasteiger partial charge is 0.381 e. The van der Waals surface area contributed by atoms with Gasteiger partial charge < -0.3 is 25.6 Å². The first-order valence-corrected chi connectivity index (χ1v) is 13.1. The zero-order valence-corrected chi connectivity index (χ0v) is 21.7. The number of hydrogen-bond acceptors (Lipinski definition) is 7. The van der Waals surface area contributed by atoms with E-state index in [4.69, 9.17) is 16.3 Å². The lowest BCUT2D eigenvalue weighted by Crippen LogP contribution is -2.41. The zero-order chi connectivity index (χ0) is 25.5. The number of halogens is 1. The molecule has 0 aliphatic carbocycles. The van der Waals surface area contributed by atoms with Crippen LogP contribution in [0.2, 0.25) is 5.02 Å². The van der Waals surface area contributed by atoms with Crippen LogP contribution in [0.25, 0.3) is 11.3 Å². The molecule has 10 heteroatoms. The molecule has 2 amide bonds. The van der Waals surface area contributed by atoms with Crippen LogP contribution in [0.3, 0.4) is 0 Å². The van der Waals surface area contributed by atoms with E-state index in [1.807, 2.05) is 32.2 Å². The molecule has 0 saturated carbocycles. The Hall–Kier alpha value is -2.75. The molecule has 1 unspecified atom stereocenters. The van der Waals surface area contributed by atoms with Gasteiger partial charge in [-0.25, -0.2) is 9.97 Å². The summed E-state index contributed by atoms with van der Waals surface area (Å²) in [6, 6.07) is 5.96. The van der Waals surface area contributed by atoms with Crippen molar-refractivity contribution < 1.29 is 14.3 Å². The number of rotatable bonds is 11. The van der Waals surface area contributed by atoms with Gasteiger partial charge in [0.25, 0.3) is 5.91 Å². The molecule has 0 bridgehead atoms. The smallest absolute Gasteiger partial charge is 0.254 e. The molecule has 2 aromatic rings. The van der Waals surface area contributed by atoms with Crippen molar-refractivity contribution in [1.82, 2.24) is 25.5 Å². The van der Waals surface area contributed by atoms with Crippen LogP contribution in [0.1, 0.15) is 54.9 Å². The van der Waals surface area contributed by atoms with Gasteiger partial charge in [-0.3, -0.25) is 9.59 Å². The summed E-state index contributed by atoms with van der Waals surface area (Å²) in [5.74, 6) is 0.209. The fourth-order valence-electron chi connectivity index (χ4n) is 4.62. The summed E-state index contributed by atoms with van der Waals surface area (Å²) < 4.78 is 5.41. The quantitative estimate of drug-likeness (QED) is 0.395. The number of aromatic nitrogens is 2. The van der Waals surface area contributed by atoms with Gasteiger partial charge in [-0.2, -0.15) is 0 Å². The van der Waals surface area contributed by atoms with E-state index < -0.39 is 0 Å². The van der Waals surface area contributed by atoms with Crippen molar-refractivity contribution in [3.8, 4) is 11.3 Å². The maximum Gasteiger partial charge on any atom is 0.254 e. The summed E-state index contributed by atoms with van der Waals surface area (Å²) in [5, 5.41) is 9.91. The molecule has 1 atom stereocenters. The van der Waals surface area contributed by atoms with Crippen LogP contribution in [0.5, 0.6) is 0 Å². The lowest BCUT2D eigenvalue weighted by molar-refractivity contribution is -0.122. The van der Waals surface area contributed by atoms with Crippen molar-refractivity contribution in [3.63, 3.8) is 0 Å². The monoisotopic (exact) mass is 514 g/mol. The van der Waals surface area contributed by atoms with Gasteiger partial charge in [-0.1, -0.05) is 30.2 Å². The second-order valence-corrected chi connectivity index (χ2v) is 9.93. The predicted octanol–water partition coefficient (Wildman–Crippen LogP) is 3.24. The number of carbonyl (C=O) groups excluding carboxylic acids is 2. The van der Waals surface area contributed by atoms with Crippen LogP contribution >= 0.6 is 11.6 Å². The summed E-state index contributed by atoms with van der Waals surface area (Å²) in [5.41, 5.74) is 2.78. The summed E-state index contributed by atoms with van der Waals surface area (Å²) >= 11 is 6.44. The number of anilines is 1. The second-order valence-electron chi connectivity index (χ2n) is 9.52. The highest BCUT2D eigenvalue weighted by Gasteiger charge is 2.29. The van der Waals surface area contributed by atoms with Crippen LogP contribution < -0.4 is 16.0 Å². The first kappa shape index (κ1) is 26.3. The Morgan fingerprint density at radius 3 is 2.86 bits per heavy atom. The van der Waals surface area contributed by atoms with E-state index in [1.165, 1.54) is 0 Å². The van der Waals surface area contributed by atoms with E-state index in [0.717, 1.165) is 63.0 Å². The maximum atomic E-state index is 13.1. The van der Waals surface area contributed by atoms with Crippen molar-refractivity contribution >= 4 is 29.4 Å². The molecule has 1 aromatic heterocycles. The van der Waals surface area contributed by atoms with Gasteiger partial charge >= 0.3 is 0 Å². The van der Waals surface area contributed by atoms with Gasteiger partial charge in [-0.05, 0) is 57.8 Å². The number of unbranched alkanes of at least 4 members (excludes halogenated alkanes) is 1. The van der Waals surface area contributed by atoms with Crippen molar-refractivity contribution in [2.75, 3.05) is 38.7 Å². The summed E-state index contributed by atoms with van der Waals surface area (Å²) in [7, 11) is 1.93. The predicted molar refractivity (Wildman–Crippen MR) is 140 cm³/mol. The minimum atomic E-state index is -0.158. The topological polar surface area (TPSA) is 108 Å². The maximum absolute atomic E-state index is 13.1. The van der Waals surface area contributed by atoms with Crippen molar-refractivity contribution in [2.45, 2.75) is 57.7 Å². The Morgan fingerprint density at radius 2 is 2.08 bits per heavy atom. The number of benzene rings is 1. The Balaban J connectivity index is 1.39. The molecule has 3 N–H and O–H groups in total. The zero-order valence-electron chi connectivity index (χ0n) is 21.0. The Bertz CT molecular complexity index is 1080. The van der Waals surface area contributed by atoms with Crippen LogP contribution in [0, 0.1) is 0 Å². The molecule has 9 nitrogen and oxygen atoms in total. The van der Waals surface area contributed by atoms with Crippen molar-refractivity contribution in [3.05, 3.63) is 40.5 Å². The third-order valence-electron chi connectivity index (χ3n) is 6.62. The highest BCUT2D eigenvalue weighted by molar-refractivity contribution is 6.33. The van der Waals surface area contributed by atoms with Crippen LogP contribution in [-0.2, 0) is 16.1 Å². The van der Waals surface area contributed by atoms with Gasteiger partial charge in [0.05, 0.1) is 16.9 Å². The van der Waals surface area contributed by atoms with E-state index in [2.05, 4.69) is 25.9 Å². The number of nitrogens with one attached hydrogen (secondary N) is 3. The molecule has 2 aliphatic rings. The highest BCUT2D eigenvalue weighted by Crippen LogP contribution is 2.31.